The maximum absolute atomic E-state index is 12.3. The first kappa shape index (κ1) is 23.3. The van der Waals surface area contributed by atoms with E-state index in [1.54, 1.807) is 14.0 Å². The van der Waals surface area contributed by atoms with E-state index in [0.29, 0.717) is 5.92 Å². The number of Topliss-reactive ketones (excluding diaryl/α,β-unsaturated/α-hetero) is 1. The van der Waals surface area contributed by atoms with Crippen molar-refractivity contribution in [3.8, 4) is 28.0 Å². The van der Waals surface area contributed by atoms with Gasteiger partial charge in [-0.3, -0.25) is 4.79 Å². The van der Waals surface area contributed by atoms with Gasteiger partial charge in [-0.15, -0.1) is 11.3 Å². The molecule has 164 valence electrons. The number of ketones is 1. The molecule has 0 amide bonds. The highest BCUT2D eigenvalue weighted by Crippen LogP contribution is 2.45. The number of methoxy groups -OCH3 is 1. The highest BCUT2D eigenvalue weighted by molar-refractivity contribution is 7.12. The quantitative estimate of drug-likeness (QED) is 0.315. The minimum Gasteiger partial charge on any atom is -0.496 e. The number of carbonyl (C=O) groups excluding carboxylic acids is 1. The average molecular weight is 435 g/mol. The number of hydrogen-bond donors (Lipinski definition) is 0. The van der Waals surface area contributed by atoms with E-state index in [1.807, 2.05) is 5.38 Å². The zero-order valence-corrected chi connectivity index (χ0v) is 20.5. The van der Waals surface area contributed by atoms with E-state index >= 15 is 0 Å². The van der Waals surface area contributed by atoms with Crippen LogP contribution < -0.4 is 4.74 Å². The average Bonchev–Trinajstić information content (AvgIpc) is 3.26. The van der Waals surface area contributed by atoms with Crippen molar-refractivity contribution >= 4 is 17.1 Å². The number of ether oxygens (including phenoxy) is 1. The van der Waals surface area contributed by atoms with Crippen LogP contribution in [0.2, 0.25) is 0 Å². The number of hydrogen-bond acceptors (Lipinski definition) is 3. The Morgan fingerprint density at radius 1 is 1.06 bits per heavy atom. The van der Waals surface area contributed by atoms with Crippen molar-refractivity contribution in [1.29, 1.82) is 0 Å². The van der Waals surface area contributed by atoms with Crippen LogP contribution >= 0.6 is 11.3 Å². The van der Waals surface area contributed by atoms with Gasteiger partial charge in [0, 0.05) is 11.1 Å². The Hall–Kier alpha value is -2.39. The zero-order chi connectivity index (χ0) is 22.5. The van der Waals surface area contributed by atoms with Crippen molar-refractivity contribution in [2.24, 2.45) is 0 Å². The van der Waals surface area contributed by atoms with Gasteiger partial charge in [0.05, 0.1) is 12.0 Å². The molecule has 2 aromatic carbocycles. The molecule has 0 aliphatic heterocycles. The van der Waals surface area contributed by atoms with E-state index in [-0.39, 0.29) is 5.78 Å². The van der Waals surface area contributed by atoms with Gasteiger partial charge >= 0.3 is 0 Å². The molecule has 0 fully saturated rings. The lowest BCUT2D eigenvalue weighted by Gasteiger charge is -2.20. The van der Waals surface area contributed by atoms with Crippen LogP contribution in [0.15, 0.2) is 41.8 Å². The van der Waals surface area contributed by atoms with Crippen molar-refractivity contribution < 1.29 is 9.53 Å². The van der Waals surface area contributed by atoms with Crippen LogP contribution in [0.1, 0.15) is 78.7 Å². The molecule has 31 heavy (non-hydrogen) atoms. The number of benzene rings is 2. The lowest BCUT2D eigenvalue weighted by molar-refractivity contribution is 0.102. The van der Waals surface area contributed by atoms with Gasteiger partial charge in [-0.2, -0.15) is 0 Å². The number of aryl methyl sites for hydroxylation is 1. The number of thiophene rings is 1. The van der Waals surface area contributed by atoms with E-state index in [1.165, 1.54) is 47.3 Å². The van der Waals surface area contributed by atoms with E-state index in [0.717, 1.165) is 39.3 Å². The minimum absolute atomic E-state index is 0.105. The molecule has 1 unspecified atom stereocenters. The van der Waals surface area contributed by atoms with Gasteiger partial charge in [0.2, 0.25) is 0 Å². The molecule has 1 heterocycles. The minimum atomic E-state index is 0.105. The highest BCUT2D eigenvalue weighted by Gasteiger charge is 2.22. The Labute approximate surface area is 191 Å². The van der Waals surface area contributed by atoms with E-state index in [2.05, 4.69) is 64.1 Å². The monoisotopic (exact) mass is 434 g/mol. The number of rotatable bonds is 9. The molecule has 0 N–H and O–H groups in total. The fourth-order valence-electron chi connectivity index (χ4n) is 4.43. The maximum Gasteiger partial charge on any atom is 0.170 e. The predicted octanol–water partition coefficient (Wildman–Crippen LogP) is 8.59. The molecule has 0 radical (unpaired) electrons. The Kier molecular flexibility index (Phi) is 7.72. The first-order chi connectivity index (χ1) is 14.9. The van der Waals surface area contributed by atoms with Crippen LogP contribution in [0.4, 0.5) is 0 Å². The van der Waals surface area contributed by atoms with Crippen molar-refractivity contribution in [3.63, 3.8) is 0 Å². The topological polar surface area (TPSA) is 26.3 Å². The second-order valence-corrected chi connectivity index (χ2v) is 9.28. The van der Waals surface area contributed by atoms with Crippen LogP contribution in [0.25, 0.3) is 22.3 Å². The largest absolute Gasteiger partial charge is 0.496 e. The molecule has 0 bridgehead atoms. The third-order valence-corrected chi connectivity index (χ3v) is 7.37. The van der Waals surface area contributed by atoms with Crippen LogP contribution in [0.5, 0.6) is 5.75 Å². The van der Waals surface area contributed by atoms with Crippen LogP contribution in [-0.4, -0.2) is 12.9 Å². The molecule has 3 aromatic rings. The summed E-state index contributed by atoms with van der Waals surface area (Å²) in [6.45, 7) is 10.4. The van der Waals surface area contributed by atoms with Crippen LogP contribution in [0.3, 0.4) is 0 Å². The third-order valence-electron chi connectivity index (χ3n) is 6.35. The summed E-state index contributed by atoms with van der Waals surface area (Å²) < 4.78 is 5.85. The highest BCUT2D eigenvalue weighted by atomic mass is 32.1. The van der Waals surface area contributed by atoms with Crippen LogP contribution in [0, 0.1) is 13.8 Å². The fraction of sp³-hybridized carbons (Fsp3) is 0.393. The number of carbonyl (C=O) groups is 1. The van der Waals surface area contributed by atoms with Gasteiger partial charge in [0.1, 0.15) is 5.75 Å². The third kappa shape index (κ3) is 4.77. The lowest BCUT2D eigenvalue weighted by atomic mass is 9.86. The summed E-state index contributed by atoms with van der Waals surface area (Å²) in [6, 6.07) is 13.2. The molecule has 2 nitrogen and oxygen atoms in total. The molecule has 3 heteroatoms. The fourth-order valence-corrected chi connectivity index (χ4v) is 5.23. The SMILES string of the molecule is CCCCC(CC)c1ccc(-c2c(OC)cc(C)c(C)c2-c2ccsc2C(C)=O)cc1. The normalized spacial score (nSPS) is 12.1. The Morgan fingerprint density at radius 2 is 1.77 bits per heavy atom. The predicted molar refractivity (Wildman–Crippen MR) is 134 cm³/mol. The molecule has 3 rings (SSSR count). The van der Waals surface area contributed by atoms with Gasteiger partial charge in [0.25, 0.3) is 0 Å². The van der Waals surface area contributed by atoms with Gasteiger partial charge in [0.15, 0.2) is 5.78 Å². The molecule has 0 saturated heterocycles. The Bertz CT molecular complexity index is 1040. The van der Waals surface area contributed by atoms with E-state index in [4.69, 9.17) is 4.74 Å². The van der Waals surface area contributed by atoms with Gasteiger partial charge in [-0.05, 0) is 84.9 Å². The molecule has 0 spiro atoms. The van der Waals surface area contributed by atoms with Crippen molar-refractivity contribution in [2.45, 2.75) is 66.2 Å². The Balaban J connectivity index is 2.18. The second-order valence-electron chi connectivity index (χ2n) is 8.36. The molecule has 0 aliphatic carbocycles. The first-order valence-corrected chi connectivity index (χ1v) is 12.2. The molecular weight excluding hydrogens is 400 g/mol. The van der Waals surface area contributed by atoms with Gasteiger partial charge in [-0.25, -0.2) is 0 Å². The van der Waals surface area contributed by atoms with Crippen LogP contribution in [-0.2, 0) is 0 Å². The molecular formula is C28H34O2S. The maximum atomic E-state index is 12.3. The molecule has 0 aliphatic rings. The molecule has 1 atom stereocenters. The number of unbranched alkanes of at least 4 members (excludes halogenated alkanes) is 1. The van der Waals surface area contributed by atoms with Crippen molar-refractivity contribution in [1.82, 2.24) is 0 Å². The van der Waals surface area contributed by atoms with Gasteiger partial charge in [-0.1, -0.05) is 51.0 Å². The Morgan fingerprint density at radius 3 is 2.35 bits per heavy atom. The van der Waals surface area contributed by atoms with Gasteiger partial charge < -0.3 is 4.74 Å². The standard InChI is InChI=1S/C28H34O2S/c1-7-9-10-21(8-2)22-11-13-23(14-12-22)27-25(30-6)17-18(3)19(4)26(27)24-15-16-31-28(24)20(5)29/h11-17,21H,7-10H2,1-6H3. The zero-order valence-electron chi connectivity index (χ0n) is 19.7. The summed E-state index contributed by atoms with van der Waals surface area (Å²) in [5.41, 5.74) is 8.07. The smallest absolute Gasteiger partial charge is 0.170 e. The van der Waals surface area contributed by atoms with Crippen molar-refractivity contribution in [3.05, 3.63) is 63.3 Å². The summed E-state index contributed by atoms with van der Waals surface area (Å²) in [4.78, 5) is 13.1. The van der Waals surface area contributed by atoms with E-state index in [9.17, 15) is 4.79 Å². The summed E-state index contributed by atoms with van der Waals surface area (Å²) in [7, 11) is 1.73. The lowest BCUT2D eigenvalue weighted by Crippen LogP contribution is -2.00. The van der Waals surface area contributed by atoms with E-state index < -0.39 is 0 Å². The summed E-state index contributed by atoms with van der Waals surface area (Å²) >= 11 is 1.51. The summed E-state index contributed by atoms with van der Waals surface area (Å²) in [5.74, 6) is 1.56. The molecule has 1 aromatic heterocycles. The second kappa shape index (κ2) is 10.3. The summed E-state index contributed by atoms with van der Waals surface area (Å²) in [6.07, 6.45) is 4.90. The summed E-state index contributed by atoms with van der Waals surface area (Å²) in [5, 5.41) is 2.01. The van der Waals surface area contributed by atoms with Crippen molar-refractivity contribution in [2.75, 3.05) is 7.11 Å². The first-order valence-electron chi connectivity index (χ1n) is 11.3. The molecule has 0 saturated carbocycles.